The first-order valence-corrected chi connectivity index (χ1v) is 6.60. The molecule has 0 aromatic heterocycles. The van der Waals surface area contributed by atoms with Crippen LogP contribution in [0.15, 0.2) is 36.4 Å². The van der Waals surface area contributed by atoms with Crippen molar-refractivity contribution < 1.29 is 27.3 Å². The highest BCUT2D eigenvalue weighted by atomic mass is 35.5. The van der Waals surface area contributed by atoms with Crippen LogP contribution in [-0.2, 0) is 6.18 Å². The largest absolute Gasteiger partial charge is 0.417 e. The van der Waals surface area contributed by atoms with E-state index in [0.29, 0.717) is 6.07 Å². The molecule has 1 N–H and O–H groups in total. The van der Waals surface area contributed by atoms with E-state index in [0.717, 1.165) is 30.3 Å². The van der Waals surface area contributed by atoms with Gasteiger partial charge < -0.3 is 5.32 Å². The van der Waals surface area contributed by atoms with Crippen molar-refractivity contribution in [2.75, 3.05) is 5.32 Å². The molecule has 10 heteroatoms. The standard InChI is InChI=1S/C14H7ClF4N2O3/c15-10-5-4-7(6-9(10)14(17,18)19)20-13(22)8-2-1-3-11(12(8)16)21(23)24/h1-6H,(H,20,22). The molecule has 0 fully saturated rings. The smallest absolute Gasteiger partial charge is 0.322 e. The molecule has 0 radical (unpaired) electrons. The van der Waals surface area contributed by atoms with Gasteiger partial charge in [-0.3, -0.25) is 14.9 Å². The zero-order chi connectivity index (χ0) is 18.1. The number of benzene rings is 2. The van der Waals surface area contributed by atoms with Crippen LogP contribution in [0.4, 0.5) is 28.9 Å². The number of carbonyl (C=O) groups excluding carboxylic acids is 1. The highest BCUT2D eigenvalue weighted by Crippen LogP contribution is 2.36. The number of nitrogens with one attached hydrogen (secondary N) is 1. The molecule has 0 saturated carbocycles. The lowest BCUT2D eigenvalue weighted by atomic mass is 10.1. The summed E-state index contributed by atoms with van der Waals surface area (Å²) < 4.78 is 52.2. The number of hydrogen-bond acceptors (Lipinski definition) is 3. The van der Waals surface area contributed by atoms with E-state index in [2.05, 4.69) is 0 Å². The van der Waals surface area contributed by atoms with Gasteiger partial charge in [-0.15, -0.1) is 0 Å². The van der Waals surface area contributed by atoms with Gasteiger partial charge in [0, 0.05) is 11.8 Å². The van der Waals surface area contributed by atoms with Crippen LogP contribution in [0.1, 0.15) is 15.9 Å². The van der Waals surface area contributed by atoms with Gasteiger partial charge in [0.25, 0.3) is 5.91 Å². The maximum atomic E-state index is 13.9. The number of nitro benzene ring substituents is 1. The minimum atomic E-state index is -4.74. The van der Waals surface area contributed by atoms with Crippen molar-refractivity contribution in [3.8, 4) is 0 Å². The molecule has 5 nitrogen and oxygen atoms in total. The molecule has 2 aromatic rings. The van der Waals surface area contributed by atoms with Gasteiger partial charge >= 0.3 is 11.9 Å². The van der Waals surface area contributed by atoms with Crippen LogP contribution in [0.5, 0.6) is 0 Å². The monoisotopic (exact) mass is 362 g/mol. The van der Waals surface area contributed by atoms with Crippen molar-refractivity contribution in [3.05, 3.63) is 68.5 Å². The van der Waals surface area contributed by atoms with Crippen molar-refractivity contribution in [1.82, 2.24) is 0 Å². The molecule has 0 saturated heterocycles. The number of carbonyl (C=O) groups is 1. The summed E-state index contributed by atoms with van der Waals surface area (Å²) in [5, 5.41) is 12.1. The van der Waals surface area contributed by atoms with Gasteiger partial charge in [-0.25, -0.2) is 0 Å². The quantitative estimate of drug-likeness (QED) is 0.490. The van der Waals surface area contributed by atoms with Crippen LogP contribution >= 0.6 is 11.6 Å². The van der Waals surface area contributed by atoms with Crippen LogP contribution in [0.2, 0.25) is 5.02 Å². The topological polar surface area (TPSA) is 72.2 Å². The van der Waals surface area contributed by atoms with E-state index in [9.17, 15) is 32.5 Å². The molecule has 1 amide bonds. The van der Waals surface area contributed by atoms with E-state index in [4.69, 9.17) is 11.6 Å². The Morgan fingerprint density at radius 2 is 1.88 bits per heavy atom. The minimum Gasteiger partial charge on any atom is -0.322 e. The zero-order valence-corrected chi connectivity index (χ0v) is 12.3. The van der Waals surface area contributed by atoms with Crippen molar-refractivity contribution in [3.63, 3.8) is 0 Å². The van der Waals surface area contributed by atoms with E-state index in [-0.39, 0.29) is 5.69 Å². The maximum absolute atomic E-state index is 13.9. The highest BCUT2D eigenvalue weighted by Gasteiger charge is 2.33. The SMILES string of the molecule is O=C(Nc1ccc(Cl)c(C(F)(F)F)c1)c1cccc([N+](=O)[O-])c1F. The van der Waals surface area contributed by atoms with Crippen molar-refractivity contribution in [2.45, 2.75) is 6.18 Å². The minimum absolute atomic E-state index is 0.289. The second kappa shape index (κ2) is 6.44. The van der Waals surface area contributed by atoms with Gasteiger partial charge in [-0.05, 0) is 24.3 Å². The predicted molar refractivity (Wildman–Crippen MR) is 77.5 cm³/mol. The lowest BCUT2D eigenvalue weighted by molar-refractivity contribution is -0.387. The Balaban J connectivity index is 2.35. The van der Waals surface area contributed by atoms with Crippen LogP contribution in [0, 0.1) is 15.9 Å². The van der Waals surface area contributed by atoms with Crippen molar-refractivity contribution in [1.29, 1.82) is 0 Å². The molecule has 2 aromatic carbocycles. The number of hydrogen-bond donors (Lipinski definition) is 1. The van der Waals surface area contributed by atoms with Gasteiger partial charge in [-0.1, -0.05) is 17.7 Å². The van der Waals surface area contributed by atoms with E-state index < -0.39 is 44.7 Å². The van der Waals surface area contributed by atoms with Crippen molar-refractivity contribution >= 4 is 28.9 Å². The normalized spacial score (nSPS) is 11.2. The highest BCUT2D eigenvalue weighted by molar-refractivity contribution is 6.31. The summed E-state index contributed by atoms with van der Waals surface area (Å²) in [6, 6.07) is 5.50. The Kier molecular flexibility index (Phi) is 4.74. The second-order valence-electron chi connectivity index (χ2n) is 4.54. The summed E-state index contributed by atoms with van der Waals surface area (Å²) >= 11 is 5.45. The molecular formula is C14H7ClF4N2O3. The molecule has 0 aliphatic rings. The summed E-state index contributed by atoms with van der Waals surface area (Å²) in [6.07, 6.45) is -4.74. The second-order valence-corrected chi connectivity index (χ2v) is 4.95. The molecule has 0 bridgehead atoms. The first-order chi connectivity index (χ1) is 11.1. The average Bonchev–Trinajstić information content (AvgIpc) is 2.47. The summed E-state index contributed by atoms with van der Waals surface area (Å²) in [5.74, 6) is -2.52. The Labute approximate surface area is 137 Å². The number of nitro groups is 1. The summed E-state index contributed by atoms with van der Waals surface area (Å²) in [5.41, 5.74) is -3.06. The Hall–Kier alpha value is -2.68. The van der Waals surface area contributed by atoms with Gasteiger partial charge in [0.2, 0.25) is 5.82 Å². The van der Waals surface area contributed by atoms with Gasteiger partial charge in [0.15, 0.2) is 0 Å². The molecule has 126 valence electrons. The van der Waals surface area contributed by atoms with E-state index in [1.165, 1.54) is 0 Å². The first kappa shape index (κ1) is 17.7. The summed E-state index contributed by atoms with van der Waals surface area (Å²) in [7, 11) is 0. The molecule has 0 spiro atoms. The zero-order valence-electron chi connectivity index (χ0n) is 11.5. The molecular weight excluding hydrogens is 356 g/mol. The Morgan fingerprint density at radius 1 is 1.21 bits per heavy atom. The predicted octanol–water partition coefficient (Wildman–Crippen LogP) is 4.66. The van der Waals surface area contributed by atoms with Crippen molar-refractivity contribution in [2.24, 2.45) is 0 Å². The summed E-state index contributed by atoms with van der Waals surface area (Å²) in [4.78, 5) is 21.6. The number of anilines is 1. The third-order valence-electron chi connectivity index (χ3n) is 2.95. The van der Waals surface area contributed by atoms with Gasteiger partial charge in [0.1, 0.15) is 0 Å². The van der Waals surface area contributed by atoms with Crippen LogP contribution in [0.25, 0.3) is 0 Å². The molecule has 0 heterocycles. The molecule has 0 aliphatic heterocycles. The number of rotatable bonds is 3. The van der Waals surface area contributed by atoms with Crippen LogP contribution in [0.3, 0.4) is 0 Å². The number of halogens is 5. The molecule has 0 unspecified atom stereocenters. The fourth-order valence-corrected chi connectivity index (χ4v) is 2.08. The average molecular weight is 363 g/mol. The van der Waals surface area contributed by atoms with E-state index in [1.54, 1.807) is 0 Å². The van der Waals surface area contributed by atoms with E-state index in [1.807, 2.05) is 5.32 Å². The van der Waals surface area contributed by atoms with Crippen LogP contribution < -0.4 is 5.32 Å². The lowest BCUT2D eigenvalue weighted by Gasteiger charge is -2.12. The van der Waals surface area contributed by atoms with E-state index >= 15 is 0 Å². The Bertz CT molecular complexity index is 824. The Morgan fingerprint density at radius 3 is 2.46 bits per heavy atom. The molecule has 2 rings (SSSR count). The van der Waals surface area contributed by atoms with Gasteiger partial charge in [0.05, 0.1) is 21.1 Å². The number of alkyl halides is 3. The fourth-order valence-electron chi connectivity index (χ4n) is 1.85. The molecule has 0 atom stereocenters. The molecule has 24 heavy (non-hydrogen) atoms. The maximum Gasteiger partial charge on any atom is 0.417 e. The first-order valence-electron chi connectivity index (χ1n) is 6.22. The third kappa shape index (κ3) is 3.62. The van der Waals surface area contributed by atoms with Gasteiger partial charge in [-0.2, -0.15) is 17.6 Å². The number of nitrogens with zero attached hydrogens (tertiary/aromatic N) is 1. The lowest BCUT2D eigenvalue weighted by Crippen LogP contribution is -2.15. The van der Waals surface area contributed by atoms with Crippen LogP contribution in [-0.4, -0.2) is 10.8 Å². The number of amides is 1. The molecule has 0 aliphatic carbocycles. The third-order valence-corrected chi connectivity index (χ3v) is 3.28. The summed E-state index contributed by atoms with van der Waals surface area (Å²) in [6.45, 7) is 0. The fraction of sp³-hybridized carbons (Fsp3) is 0.0714.